The van der Waals surface area contributed by atoms with Crippen molar-refractivity contribution in [1.29, 1.82) is 0 Å². The maximum absolute atomic E-state index is 12.9. The number of rotatable bonds is 10. The van der Waals surface area contributed by atoms with Gasteiger partial charge in [-0.3, -0.25) is 0 Å². The molecule has 0 spiro atoms. The van der Waals surface area contributed by atoms with E-state index in [0.29, 0.717) is 0 Å². The van der Waals surface area contributed by atoms with Gasteiger partial charge in [-0.05, 0) is 65.8 Å². The summed E-state index contributed by atoms with van der Waals surface area (Å²) in [4.78, 5) is 0. The highest BCUT2D eigenvalue weighted by Gasteiger charge is 2.30. The van der Waals surface area contributed by atoms with Crippen LogP contribution in [0.15, 0.2) is 72.8 Å². The largest absolute Gasteiger partial charge is 0.486 e. The van der Waals surface area contributed by atoms with Crippen molar-refractivity contribution >= 4 is 0 Å². The summed E-state index contributed by atoms with van der Waals surface area (Å²) >= 11 is 0. The average Bonchev–Trinajstić information content (AvgIpc) is 2.81. The smallest absolute Gasteiger partial charge is 0.416 e. The summed E-state index contributed by atoms with van der Waals surface area (Å²) in [5, 5.41) is 0. The molecule has 0 saturated carbocycles. The maximum Gasteiger partial charge on any atom is 0.416 e. The van der Waals surface area contributed by atoms with Crippen LogP contribution in [0.25, 0.3) is 11.1 Å². The highest BCUT2D eigenvalue weighted by molar-refractivity contribution is 5.68. The van der Waals surface area contributed by atoms with Crippen molar-refractivity contribution in [2.24, 2.45) is 0 Å². The van der Waals surface area contributed by atoms with Crippen molar-refractivity contribution in [3.05, 3.63) is 89.5 Å². The third kappa shape index (κ3) is 6.38. The van der Waals surface area contributed by atoms with Crippen LogP contribution in [0.5, 0.6) is 5.75 Å². The Bertz CT molecular complexity index is 962. The second-order valence-electron chi connectivity index (χ2n) is 8.11. The van der Waals surface area contributed by atoms with Gasteiger partial charge in [0.05, 0.1) is 5.56 Å². The van der Waals surface area contributed by atoms with Crippen molar-refractivity contribution in [2.45, 2.75) is 64.7 Å². The highest BCUT2D eigenvalue weighted by Crippen LogP contribution is 2.34. The molecule has 0 aromatic heterocycles. The van der Waals surface area contributed by atoms with Crippen LogP contribution in [0.1, 0.15) is 68.7 Å². The third-order valence-corrected chi connectivity index (χ3v) is 5.75. The zero-order valence-corrected chi connectivity index (χ0v) is 18.8. The first-order valence-electron chi connectivity index (χ1n) is 11.4. The zero-order valence-electron chi connectivity index (χ0n) is 18.8. The Balaban J connectivity index is 1.81. The standard InChI is InChI=1S/C28H31F3O/c1-3-5-6-10-13-27(23-11-8-7-9-12-23)32-25-18-19-26(21(4-2)20-25)22-14-16-24(17-15-22)28(29,30)31/h7-9,11-12,14-20,27H,3-6,10,13H2,1-2H3. The van der Waals surface area contributed by atoms with E-state index >= 15 is 0 Å². The van der Waals surface area contributed by atoms with Gasteiger partial charge in [0, 0.05) is 0 Å². The van der Waals surface area contributed by atoms with Crippen LogP contribution in [0, 0.1) is 0 Å². The van der Waals surface area contributed by atoms with Gasteiger partial charge in [-0.2, -0.15) is 13.2 Å². The molecule has 0 heterocycles. The molecule has 3 aromatic rings. The lowest BCUT2D eigenvalue weighted by Crippen LogP contribution is -2.08. The highest BCUT2D eigenvalue weighted by atomic mass is 19.4. The molecule has 4 heteroatoms. The Morgan fingerprint density at radius 1 is 0.812 bits per heavy atom. The van der Waals surface area contributed by atoms with Gasteiger partial charge in [0.25, 0.3) is 0 Å². The van der Waals surface area contributed by atoms with Gasteiger partial charge in [-0.1, -0.05) is 81.6 Å². The summed E-state index contributed by atoms with van der Waals surface area (Å²) in [6, 6.07) is 21.5. The molecule has 0 radical (unpaired) electrons. The van der Waals surface area contributed by atoms with Gasteiger partial charge in [0.15, 0.2) is 0 Å². The van der Waals surface area contributed by atoms with Gasteiger partial charge < -0.3 is 4.74 Å². The Kier molecular flexibility index (Phi) is 8.38. The topological polar surface area (TPSA) is 9.23 Å². The number of aryl methyl sites for hydroxylation is 1. The molecule has 1 atom stereocenters. The minimum absolute atomic E-state index is 0.0188. The minimum Gasteiger partial charge on any atom is -0.486 e. The first-order chi connectivity index (χ1) is 15.4. The van der Waals surface area contributed by atoms with E-state index in [1.54, 1.807) is 12.1 Å². The first-order valence-corrected chi connectivity index (χ1v) is 11.4. The maximum atomic E-state index is 12.9. The number of unbranched alkanes of at least 4 members (excludes halogenated alkanes) is 3. The quantitative estimate of drug-likeness (QED) is 0.286. The zero-order chi connectivity index (χ0) is 23.0. The minimum atomic E-state index is -4.33. The number of alkyl halides is 3. The van der Waals surface area contributed by atoms with Crippen molar-refractivity contribution < 1.29 is 17.9 Å². The summed E-state index contributed by atoms with van der Waals surface area (Å²) in [7, 11) is 0. The van der Waals surface area contributed by atoms with Crippen LogP contribution < -0.4 is 4.74 Å². The summed E-state index contributed by atoms with van der Waals surface area (Å²) in [6.07, 6.45) is 2.09. The number of hydrogen-bond donors (Lipinski definition) is 0. The van der Waals surface area contributed by atoms with Crippen LogP contribution in [0.2, 0.25) is 0 Å². The van der Waals surface area contributed by atoms with Crippen LogP contribution in [0.4, 0.5) is 13.2 Å². The van der Waals surface area contributed by atoms with Gasteiger partial charge in [-0.15, -0.1) is 0 Å². The molecule has 1 unspecified atom stereocenters. The molecule has 0 saturated heterocycles. The van der Waals surface area contributed by atoms with E-state index in [-0.39, 0.29) is 6.10 Å². The molecule has 0 aliphatic rings. The van der Waals surface area contributed by atoms with Crippen LogP contribution in [0.3, 0.4) is 0 Å². The van der Waals surface area contributed by atoms with Gasteiger partial charge in [-0.25, -0.2) is 0 Å². The number of hydrogen-bond acceptors (Lipinski definition) is 1. The normalized spacial score (nSPS) is 12.5. The van der Waals surface area contributed by atoms with Crippen molar-refractivity contribution in [2.75, 3.05) is 0 Å². The summed E-state index contributed by atoms with van der Waals surface area (Å²) in [5.74, 6) is 0.793. The van der Waals surface area contributed by atoms with E-state index in [1.165, 1.54) is 19.3 Å². The SMILES string of the molecule is CCCCCCC(Oc1ccc(-c2ccc(C(F)(F)F)cc2)c(CC)c1)c1ccccc1. The van der Waals surface area contributed by atoms with Gasteiger partial charge in [0.2, 0.25) is 0 Å². The van der Waals surface area contributed by atoms with E-state index in [4.69, 9.17) is 4.74 Å². The Labute approximate surface area is 189 Å². The van der Waals surface area contributed by atoms with E-state index < -0.39 is 11.7 Å². The molecule has 0 N–H and O–H groups in total. The molecule has 3 rings (SSSR count). The fourth-order valence-electron chi connectivity index (χ4n) is 3.94. The molecular weight excluding hydrogens is 409 g/mol. The molecule has 1 nitrogen and oxygen atoms in total. The molecular formula is C28H31F3O. The fourth-order valence-corrected chi connectivity index (χ4v) is 3.94. The predicted molar refractivity (Wildman–Crippen MR) is 125 cm³/mol. The number of halogens is 3. The Hall–Kier alpha value is -2.75. The lowest BCUT2D eigenvalue weighted by molar-refractivity contribution is -0.137. The van der Waals surface area contributed by atoms with Crippen LogP contribution in [-0.2, 0) is 12.6 Å². The van der Waals surface area contributed by atoms with Crippen LogP contribution in [-0.4, -0.2) is 0 Å². The van der Waals surface area contributed by atoms with E-state index in [9.17, 15) is 13.2 Å². The van der Waals surface area contributed by atoms with Gasteiger partial charge >= 0.3 is 6.18 Å². The number of benzene rings is 3. The molecule has 32 heavy (non-hydrogen) atoms. The molecule has 0 amide bonds. The monoisotopic (exact) mass is 440 g/mol. The van der Waals surface area contributed by atoms with Crippen molar-refractivity contribution in [3.63, 3.8) is 0 Å². The van der Waals surface area contributed by atoms with Crippen molar-refractivity contribution in [3.8, 4) is 16.9 Å². The molecule has 0 fully saturated rings. The summed E-state index contributed by atoms with van der Waals surface area (Å²) in [5.41, 5.74) is 3.30. The van der Waals surface area contributed by atoms with E-state index in [2.05, 4.69) is 19.1 Å². The predicted octanol–water partition coefficient (Wildman–Crippen LogP) is 9.03. The number of ether oxygens (including phenoxy) is 1. The third-order valence-electron chi connectivity index (χ3n) is 5.75. The average molecular weight is 441 g/mol. The summed E-state index contributed by atoms with van der Waals surface area (Å²) in [6.45, 7) is 4.25. The molecule has 0 aliphatic carbocycles. The second kappa shape index (κ2) is 11.2. The lowest BCUT2D eigenvalue weighted by Gasteiger charge is -2.21. The van der Waals surface area contributed by atoms with Gasteiger partial charge in [0.1, 0.15) is 11.9 Å². The van der Waals surface area contributed by atoms with E-state index in [1.807, 2.05) is 43.3 Å². The summed E-state index contributed by atoms with van der Waals surface area (Å²) < 4.78 is 45.1. The fraction of sp³-hybridized carbons (Fsp3) is 0.357. The molecule has 0 bridgehead atoms. The van der Waals surface area contributed by atoms with E-state index in [0.717, 1.165) is 59.4 Å². The second-order valence-corrected chi connectivity index (χ2v) is 8.11. The Morgan fingerprint density at radius 2 is 1.53 bits per heavy atom. The van der Waals surface area contributed by atoms with Crippen molar-refractivity contribution in [1.82, 2.24) is 0 Å². The Morgan fingerprint density at radius 3 is 2.16 bits per heavy atom. The molecule has 0 aliphatic heterocycles. The first kappa shape index (κ1) is 23.9. The lowest BCUT2D eigenvalue weighted by atomic mass is 9.96. The molecule has 170 valence electrons. The molecule has 3 aromatic carbocycles. The van der Waals surface area contributed by atoms with Crippen LogP contribution >= 0.6 is 0 Å².